The molecule has 0 aromatic heterocycles. The Bertz CT molecular complexity index is 370. The van der Waals surface area contributed by atoms with Crippen LogP contribution in [0.4, 0.5) is 0 Å². The zero-order valence-corrected chi connectivity index (χ0v) is 14.0. The number of fused-ring (bicyclic) bond motifs is 2. The van der Waals surface area contributed by atoms with E-state index in [1.807, 2.05) is 11.8 Å². The lowest BCUT2D eigenvalue weighted by atomic mass is 9.82. The van der Waals surface area contributed by atoms with Crippen LogP contribution < -0.4 is 5.32 Å². The maximum atomic E-state index is 5.10. The molecule has 1 N–H and O–H groups in total. The smallest absolute Gasteiger partial charge is 0.157 e. The second kappa shape index (κ2) is 5.88. The van der Waals surface area contributed by atoms with Gasteiger partial charge >= 0.3 is 0 Å². The Kier molecular flexibility index (Phi) is 4.32. The molecule has 3 atom stereocenters. The molecule has 20 heavy (non-hydrogen) atoms. The first-order chi connectivity index (χ1) is 9.59. The van der Waals surface area contributed by atoms with Gasteiger partial charge in [-0.3, -0.25) is 4.99 Å². The molecule has 0 saturated carbocycles. The molecular weight excluding hydrogens is 266 g/mol. The van der Waals surface area contributed by atoms with E-state index in [0.717, 1.165) is 12.1 Å². The molecule has 3 unspecified atom stereocenters. The van der Waals surface area contributed by atoms with Crippen molar-refractivity contribution >= 4 is 16.9 Å². The number of hydrogen-bond donors (Lipinski definition) is 1. The van der Waals surface area contributed by atoms with Crippen LogP contribution in [0.15, 0.2) is 4.99 Å². The van der Waals surface area contributed by atoms with Crippen LogP contribution in [0.3, 0.4) is 0 Å². The van der Waals surface area contributed by atoms with Crippen molar-refractivity contribution in [3.63, 3.8) is 0 Å². The van der Waals surface area contributed by atoms with Crippen LogP contribution in [-0.2, 0) is 0 Å². The molecule has 3 nitrogen and oxygen atoms in total. The second-order valence-corrected chi connectivity index (χ2v) is 8.18. The predicted molar refractivity (Wildman–Crippen MR) is 88.6 cm³/mol. The van der Waals surface area contributed by atoms with Gasteiger partial charge in [-0.1, -0.05) is 25.1 Å². The summed E-state index contributed by atoms with van der Waals surface area (Å²) in [7, 11) is 2.32. The lowest BCUT2D eigenvalue weighted by Gasteiger charge is -2.46. The van der Waals surface area contributed by atoms with E-state index in [0.29, 0.717) is 6.04 Å². The topological polar surface area (TPSA) is 27.6 Å². The van der Waals surface area contributed by atoms with Crippen molar-refractivity contribution in [2.24, 2.45) is 4.99 Å². The van der Waals surface area contributed by atoms with Crippen molar-refractivity contribution in [1.29, 1.82) is 0 Å². The van der Waals surface area contributed by atoms with Crippen LogP contribution in [0.2, 0.25) is 0 Å². The van der Waals surface area contributed by atoms with Gasteiger partial charge in [-0.2, -0.15) is 0 Å². The molecule has 114 valence electrons. The summed E-state index contributed by atoms with van der Waals surface area (Å²) in [5.41, 5.74) is 0.269. The zero-order valence-electron chi connectivity index (χ0n) is 13.2. The van der Waals surface area contributed by atoms with Crippen molar-refractivity contribution in [2.75, 3.05) is 12.8 Å². The van der Waals surface area contributed by atoms with E-state index in [1.54, 1.807) is 0 Å². The Balaban J connectivity index is 1.66. The summed E-state index contributed by atoms with van der Waals surface area (Å²) in [5.74, 6) is 1.22. The van der Waals surface area contributed by atoms with Gasteiger partial charge in [0, 0.05) is 23.4 Å². The van der Waals surface area contributed by atoms with Gasteiger partial charge in [0.05, 0.1) is 6.04 Å². The number of nitrogens with one attached hydrogen (secondary N) is 1. The van der Waals surface area contributed by atoms with Gasteiger partial charge in [-0.05, 0) is 52.5 Å². The van der Waals surface area contributed by atoms with Crippen LogP contribution in [0.1, 0.15) is 58.8 Å². The fraction of sp³-hybridized carbons (Fsp3) is 0.938. The predicted octanol–water partition coefficient (Wildman–Crippen LogP) is 3.25. The highest BCUT2D eigenvalue weighted by atomic mass is 32.2. The highest BCUT2D eigenvalue weighted by Gasteiger charge is 2.36. The number of nitrogens with zero attached hydrogens (tertiary/aromatic N) is 2. The minimum absolute atomic E-state index is 0.269. The third-order valence-electron chi connectivity index (χ3n) is 5.70. The molecule has 3 aliphatic heterocycles. The van der Waals surface area contributed by atoms with Gasteiger partial charge in [0.2, 0.25) is 0 Å². The maximum Gasteiger partial charge on any atom is 0.157 e. The first kappa shape index (κ1) is 14.7. The van der Waals surface area contributed by atoms with E-state index < -0.39 is 0 Å². The van der Waals surface area contributed by atoms with Gasteiger partial charge in [0.25, 0.3) is 0 Å². The normalized spacial score (nSPS) is 44.4. The summed E-state index contributed by atoms with van der Waals surface area (Å²) < 4.78 is 0. The van der Waals surface area contributed by atoms with Gasteiger partial charge in [-0.15, -0.1) is 0 Å². The summed E-state index contributed by atoms with van der Waals surface area (Å²) in [6.07, 6.45) is 9.15. The first-order valence-electron chi connectivity index (χ1n) is 8.30. The largest absolute Gasteiger partial charge is 0.360 e. The maximum absolute atomic E-state index is 5.10. The Morgan fingerprint density at radius 2 is 2.05 bits per heavy atom. The van der Waals surface area contributed by atoms with Crippen LogP contribution in [0.5, 0.6) is 0 Å². The number of amidine groups is 1. The Morgan fingerprint density at radius 1 is 1.35 bits per heavy atom. The van der Waals surface area contributed by atoms with Crippen LogP contribution in [0.25, 0.3) is 0 Å². The molecular formula is C16H29N3S. The molecule has 0 aliphatic carbocycles. The summed E-state index contributed by atoms with van der Waals surface area (Å²) in [6, 6.07) is 2.11. The molecule has 0 spiro atoms. The van der Waals surface area contributed by atoms with E-state index in [9.17, 15) is 0 Å². The van der Waals surface area contributed by atoms with E-state index >= 15 is 0 Å². The summed E-state index contributed by atoms with van der Waals surface area (Å²) >= 11 is 1.93. The fourth-order valence-electron chi connectivity index (χ4n) is 3.92. The second-order valence-electron chi connectivity index (χ2n) is 7.10. The van der Waals surface area contributed by atoms with Crippen LogP contribution in [-0.4, -0.2) is 46.5 Å². The summed E-state index contributed by atoms with van der Waals surface area (Å²) in [5, 5.41) is 4.92. The molecule has 3 fully saturated rings. The number of aliphatic imine (C=N–C) groups is 1. The number of thioether (sulfide) groups is 1. The van der Waals surface area contributed by atoms with E-state index in [4.69, 9.17) is 4.99 Å². The Labute approximate surface area is 128 Å². The molecule has 2 bridgehead atoms. The van der Waals surface area contributed by atoms with Gasteiger partial charge in [0.1, 0.15) is 0 Å². The highest BCUT2D eigenvalue weighted by molar-refractivity contribution is 8.13. The molecule has 4 heteroatoms. The van der Waals surface area contributed by atoms with Crippen molar-refractivity contribution in [3.8, 4) is 0 Å². The number of piperidine rings is 2. The molecule has 3 aliphatic rings. The average molecular weight is 295 g/mol. The van der Waals surface area contributed by atoms with Crippen molar-refractivity contribution in [2.45, 2.75) is 82.5 Å². The zero-order chi connectivity index (χ0) is 14.2. The fourth-order valence-corrected chi connectivity index (χ4v) is 5.21. The minimum Gasteiger partial charge on any atom is -0.360 e. The van der Waals surface area contributed by atoms with E-state index in [1.165, 1.54) is 55.9 Å². The molecule has 0 aromatic rings. The number of hydrogen-bond acceptors (Lipinski definition) is 3. The van der Waals surface area contributed by atoms with Crippen molar-refractivity contribution in [3.05, 3.63) is 0 Å². The molecule has 0 aromatic carbocycles. The average Bonchev–Trinajstić information content (AvgIpc) is 2.40. The third kappa shape index (κ3) is 3.01. The lowest BCUT2D eigenvalue weighted by Crippen LogP contribution is -2.52. The van der Waals surface area contributed by atoms with Gasteiger partial charge in [-0.25, -0.2) is 0 Å². The standard InChI is InChI=1S/C16H29N3S/c1-4-16(2)8-9-20-15(18-16)17-12-10-13-6-5-7-14(11-12)19(13)3/h12-14H,4-11H2,1-3H3,(H,17,18). The third-order valence-corrected chi connectivity index (χ3v) is 6.59. The molecule has 3 saturated heterocycles. The van der Waals surface area contributed by atoms with Gasteiger partial charge in [0.15, 0.2) is 5.17 Å². The Hall–Kier alpha value is -0.220. The number of rotatable bonds is 2. The first-order valence-corrected chi connectivity index (χ1v) is 9.29. The highest BCUT2D eigenvalue weighted by Crippen LogP contribution is 2.35. The Morgan fingerprint density at radius 3 is 2.70 bits per heavy atom. The monoisotopic (exact) mass is 295 g/mol. The molecule has 3 heterocycles. The SMILES string of the molecule is CCC1(C)CCSC(=NC2CC3CCCC(C2)N3C)N1. The lowest BCUT2D eigenvalue weighted by molar-refractivity contribution is 0.0574. The molecule has 3 rings (SSSR count). The molecule has 0 amide bonds. The van der Waals surface area contributed by atoms with E-state index in [2.05, 4.69) is 31.1 Å². The van der Waals surface area contributed by atoms with Crippen molar-refractivity contribution < 1.29 is 0 Å². The van der Waals surface area contributed by atoms with E-state index in [-0.39, 0.29) is 5.54 Å². The quantitative estimate of drug-likeness (QED) is 0.847. The van der Waals surface area contributed by atoms with Crippen LogP contribution >= 0.6 is 11.8 Å². The van der Waals surface area contributed by atoms with Gasteiger partial charge < -0.3 is 10.2 Å². The van der Waals surface area contributed by atoms with Crippen molar-refractivity contribution in [1.82, 2.24) is 10.2 Å². The van der Waals surface area contributed by atoms with Crippen LogP contribution in [0, 0.1) is 0 Å². The minimum atomic E-state index is 0.269. The summed E-state index contributed by atoms with van der Waals surface area (Å²) in [4.78, 5) is 7.72. The molecule has 0 radical (unpaired) electrons. The summed E-state index contributed by atoms with van der Waals surface area (Å²) in [6.45, 7) is 4.62.